The Hall–Kier alpha value is -0.900. The lowest BCUT2D eigenvalue weighted by Crippen LogP contribution is -2.44. The van der Waals surface area contributed by atoms with Crippen molar-refractivity contribution in [2.24, 2.45) is 5.41 Å². The summed E-state index contributed by atoms with van der Waals surface area (Å²) >= 11 is 3.43. The van der Waals surface area contributed by atoms with Crippen LogP contribution < -0.4 is 5.32 Å². The molecular formula is C13H19BrN2O. The number of nitrogens with zero attached hydrogens (tertiary/aromatic N) is 1. The first-order chi connectivity index (χ1) is 7.95. The third-order valence-electron chi connectivity index (χ3n) is 2.67. The molecular weight excluding hydrogens is 280 g/mol. The van der Waals surface area contributed by atoms with Crippen LogP contribution in [-0.2, 0) is 0 Å². The van der Waals surface area contributed by atoms with Gasteiger partial charge in [-0.1, -0.05) is 36.7 Å². The van der Waals surface area contributed by atoms with Gasteiger partial charge < -0.3 is 5.32 Å². The molecule has 0 aliphatic carbocycles. The predicted molar refractivity (Wildman–Crippen MR) is 73.4 cm³/mol. The zero-order valence-electron chi connectivity index (χ0n) is 10.5. The molecule has 1 aromatic rings. The number of alkyl halides is 1. The fourth-order valence-electron chi connectivity index (χ4n) is 1.57. The number of pyridine rings is 1. The summed E-state index contributed by atoms with van der Waals surface area (Å²) in [6.45, 7) is 6.39. The van der Waals surface area contributed by atoms with Crippen molar-refractivity contribution < 1.29 is 4.79 Å². The van der Waals surface area contributed by atoms with E-state index in [9.17, 15) is 4.79 Å². The molecule has 1 amide bonds. The zero-order chi connectivity index (χ0) is 12.9. The van der Waals surface area contributed by atoms with Crippen LogP contribution >= 0.6 is 15.9 Å². The topological polar surface area (TPSA) is 42.0 Å². The van der Waals surface area contributed by atoms with Gasteiger partial charge in [0.15, 0.2) is 0 Å². The van der Waals surface area contributed by atoms with Crippen LogP contribution in [-0.4, -0.2) is 22.3 Å². The monoisotopic (exact) mass is 298 g/mol. The smallest absolute Gasteiger partial charge is 0.253 e. The molecule has 3 nitrogen and oxygen atoms in total. The van der Waals surface area contributed by atoms with Crippen LogP contribution in [0.1, 0.15) is 37.6 Å². The summed E-state index contributed by atoms with van der Waals surface area (Å²) in [5, 5.41) is 3.94. The van der Waals surface area contributed by atoms with Crippen molar-refractivity contribution in [1.82, 2.24) is 10.3 Å². The molecule has 1 atom stereocenters. The molecule has 4 heteroatoms. The van der Waals surface area contributed by atoms with Crippen molar-refractivity contribution in [2.45, 2.75) is 33.2 Å². The normalized spacial score (nSPS) is 13.2. The maximum Gasteiger partial charge on any atom is 0.253 e. The van der Waals surface area contributed by atoms with Crippen molar-refractivity contribution in [2.75, 3.05) is 5.33 Å². The van der Waals surface area contributed by atoms with Gasteiger partial charge >= 0.3 is 0 Å². The average molecular weight is 299 g/mol. The number of rotatable bonds is 4. The van der Waals surface area contributed by atoms with E-state index < -0.39 is 0 Å². The molecule has 0 spiro atoms. The van der Waals surface area contributed by atoms with Gasteiger partial charge in [0, 0.05) is 23.8 Å². The number of aromatic nitrogens is 1. The molecule has 94 valence electrons. The minimum Gasteiger partial charge on any atom is -0.349 e. The van der Waals surface area contributed by atoms with Crippen LogP contribution in [0.15, 0.2) is 24.5 Å². The third-order valence-corrected chi connectivity index (χ3v) is 3.13. The second-order valence-corrected chi connectivity index (χ2v) is 5.90. The van der Waals surface area contributed by atoms with Crippen LogP contribution in [0.5, 0.6) is 0 Å². The van der Waals surface area contributed by atoms with Crippen LogP contribution in [0, 0.1) is 5.41 Å². The standard InChI is InChI=1S/C13H19BrN2O/c1-13(2,3)11(6-7-14)16-12(17)10-5-4-8-15-9-10/h4-5,8-9,11H,6-7H2,1-3H3,(H,16,17). The number of halogens is 1. The minimum absolute atomic E-state index is 0.0473. The van der Waals surface area contributed by atoms with Crippen LogP contribution in [0.3, 0.4) is 0 Å². The molecule has 1 heterocycles. The van der Waals surface area contributed by atoms with E-state index in [-0.39, 0.29) is 17.4 Å². The Balaban J connectivity index is 2.71. The number of amides is 1. The average Bonchev–Trinajstić information content (AvgIpc) is 2.28. The number of hydrogen-bond acceptors (Lipinski definition) is 2. The van der Waals surface area contributed by atoms with E-state index in [2.05, 4.69) is 47.0 Å². The van der Waals surface area contributed by atoms with E-state index in [1.54, 1.807) is 24.5 Å². The number of hydrogen-bond donors (Lipinski definition) is 1. The van der Waals surface area contributed by atoms with Crippen molar-refractivity contribution >= 4 is 21.8 Å². The summed E-state index contributed by atoms with van der Waals surface area (Å²) in [5.41, 5.74) is 0.655. The Morgan fingerprint density at radius 3 is 2.71 bits per heavy atom. The maximum atomic E-state index is 12.0. The molecule has 1 N–H and O–H groups in total. The number of carbonyl (C=O) groups excluding carboxylic acids is 1. The first-order valence-electron chi connectivity index (χ1n) is 5.72. The van der Waals surface area contributed by atoms with Crippen LogP contribution in [0.25, 0.3) is 0 Å². The molecule has 0 saturated heterocycles. The second-order valence-electron chi connectivity index (χ2n) is 5.11. The molecule has 0 radical (unpaired) electrons. The van der Waals surface area contributed by atoms with Crippen LogP contribution in [0.4, 0.5) is 0 Å². The molecule has 1 aromatic heterocycles. The van der Waals surface area contributed by atoms with Gasteiger partial charge in [0.2, 0.25) is 0 Å². The van der Waals surface area contributed by atoms with Gasteiger partial charge in [0.05, 0.1) is 5.56 Å². The molecule has 0 aromatic carbocycles. The maximum absolute atomic E-state index is 12.0. The lowest BCUT2D eigenvalue weighted by molar-refractivity contribution is 0.0900. The molecule has 1 unspecified atom stereocenters. The Bertz CT molecular complexity index is 359. The summed E-state index contributed by atoms with van der Waals surface area (Å²) in [6.07, 6.45) is 4.16. The second kappa shape index (κ2) is 6.15. The summed E-state index contributed by atoms with van der Waals surface area (Å²) < 4.78 is 0. The highest BCUT2D eigenvalue weighted by atomic mass is 79.9. The van der Waals surface area contributed by atoms with E-state index in [4.69, 9.17) is 0 Å². The van der Waals surface area contributed by atoms with Gasteiger partial charge in [-0.15, -0.1) is 0 Å². The summed E-state index contributed by atoms with van der Waals surface area (Å²) in [4.78, 5) is 16.0. The van der Waals surface area contributed by atoms with Crippen molar-refractivity contribution in [3.05, 3.63) is 30.1 Å². The van der Waals surface area contributed by atoms with E-state index in [0.717, 1.165) is 11.8 Å². The van der Waals surface area contributed by atoms with Gasteiger partial charge in [-0.05, 0) is 24.0 Å². The van der Waals surface area contributed by atoms with Crippen molar-refractivity contribution in [3.8, 4) is 0 Å². The Morgan fingerprint density at radius 1 is 1.53 bits per heavy atom. The molecule has 0 bridgehead atoms. The fraction of sp³-hybridized carbons (Fsp3) is 0.538. The minimum atomic E-state index is -0.0565. The van der Waals surface area contributed by atoms with Gasteiger partial charge in [-0.2, -0.15) is 0 Å². The number of carbonyl (C=O) groups is 1. The van der Waals surface area contributed by atoms with E-state index in [1.807, 2.05) is 0 Å². The van der Waals surface area contributed by atoms with Gasteiger partial charge in [0.25, 0.3) is 5.91 Å². The zero-order valence-corrected chi connectivity index (χ0v) is 12.1. The molecule has 17 heavy (non-hydrogen) atoms. The van der Waals surface area contributed by atoms with Gasteiger partial charge in [-0.3, -0.25) is 9.78 Å². The Kier molecular flexibility index (Phi) is 5.12. The highest BCUT2D eigenvalue weighted by Crippen LogP contribution is 2.22. The summed E-state index contributed by atoms with van der Waals surface area (Å²) in [6, 6.07) is 3.69. The van der Waals surface area contributed by atoms with E-state index in [0.29, 0.717) is 5.56 Å². The van der Waals surface area contributed by atoms with E-state index in [1.165, 1.54) is 0 Å². The molecule has 0 aliphatic heterocycles. The van der Waals surface area contributed by atoms with Crippen molar-refractivity contribution in [1.29, 1.82) is 0 Å². The SMILES string of the molecule is CC(C)(C)C(CCBr)NC(=O)c1cccnc1. The highest BCUT2D eigenvalue weighted by molar-refractivity contribution is 9.09. The third kappa shape index (κ3) is 4.46. The first kappa shape index (κ1) is 14.2. The van der Waals surface area contributed by atoms with Gasteiger partial charge in [0.1, 0.15) is 0 Å². The largest absolute Gasteiger partial charge is 0.349 e. The van der Waals surface area contributed by atoms with Crippen molar-refractivity contribution in [3.63, 3.8) is 0 Å². The lowest BCUT2D eigenvalue weighted by Gasteiger charge is -2.31. The number of nitrogens with one attached hydrogen (secondary N) is 1. The molecule has 0 fully saturated rings. The molecule has 0 saturated carbocycles. The van der Waals surface area contributed by atoms with Gasteiger partial charge in [-0.25, -0.2) is 0 Å². The Morgan fingerprint density at radius 2 is 2.24 bits per heavy atom. The molecule has 0 aliphatic rings. The predicted octanol–water partition coefficient (Wildman–Crippen LogP) is 3.01. The fourth-order valence-corrected chi connectivity index (χ4v) is 2.03. The van der Waals surface area contributed by atoms with E-state index >= 15 is 0 Å². The summed E-state index contributed by atoms with van der Waals surface area (Å²) in [5.74, 6) is -0.0565. The summed E-state index contributed by atoms with van der Waals surface area (Å²) in [7, 11) is 0. The lowest BCUT2D eigenvalue weighted by atomic mass is 9.85. The quantitative estimate of drug-likeness (QED) is 0.868. The van der Waals surface area contributed by atoms with Crippen LogP contribution in [0.2, 0.25) is 0 Å². The highest BCUT2D eigenvalue weighted by Gasteiger charge is 2.25. The molecule has 1 rings (SSSR count). The Labute approximate surface area is 111 Å². The first-order valence-corrected chi connectivity index (χ1v) is 6.84.